The van der Waals surface area contributed by atoms with E-state index in [-0.39, 0.29) is 5.28 Å². The molecule has 3 heterocycles. The molecule has 6 nitrogen and oxygen atoms in total. The monoisotopic (exact) mass is 263 g/mol. The summed E-state index contributed by atoms with van der Waals surface area (Å²) in [7, 11) is 0. The zero-order valence-electron chi connectivity index (χ0n) is 9.59. The number of oxazole rings is 1. The number of anilines is 1. The van der Waals surface area contributed by atoms with Crippen LogP contribution in [0.3, 0.4) is 0 Å². The van der Waals surface area contributed by atoms with Gasteiger partial charge in [-0.3, -0.25) is 0 Å². The van der Waals surface area contributed by atoms with Crippen LogP contribution in [-0.2, 0) is 6.54 Å². The number of fused-ring (bicyclic) bond motifs is 1. The second-order valence-corrected chi connectivity index (χ2v) is 4.12. The average Bonchev–Trinajstić information content (AvgIpc) is 2.97. The lowest BCUT2D eigenvalue weighted by Crippen LogP contribution is -2.06. The molecule has 3 rings (SSSR count). The summed E-state index contributed by atoms with van der Waals surface area (Å²) in [6.45, 7) is 2.40. The molecule has 0 amide bonds. The Bertz CT molecular complexity index is 676. The van der Waals surface area contributed by atoms with Crippen molar-refractivity contribution in [1.82, 2.24) is 19.6 Å². The standard InChI is InChI=1S/C11H10ClN5O/c1-7-2-3-8-10(15-11(12)16-17(7)8)14-6-9-13-4-5-18-9/h2-5H,6H2,1H3,(H,14,15,16). The Morgan fingerprint density at radius 3 is 3.11 bits per heavy atom. The fourth-order valence-electron chi connectivity index (χ4n) is 1.73. The molecule has 0 aliphatic heterocycles. The lowest BCUT2D eigenvalue weighted by Gasteiger charge is -2.06. The van der Waals surface area contributed by atoms with E-state index in [2.05, 4.69) is 20.4 Å². The second kappa shape index (κ2) is 4.30. The Kier molecular flexibility index (Phi) is 2.64. The predicted molar refractivity (Wildman–Crippen MR) is 66.6 cm³/mol. The van der Waals surface area contributed by atoms with Crippen LogP contribution in [0.1, 0.15) is 11.6 Å². The molecule has 3 aromatic rings. The number of nitrogens with zero attached hydrogens (tertiary/aromatic N) is 4. The topological polar surface area (TPSA) is 68.2 Å². The van der Waals surface area contributed by atoms with Crippen molar-refractivity contribution in [3.05, 3.63) is 41.5 Å². The predicted octanol–water partition coefficient (Wildman–Crippen LogP) is 2.29. The molecule has 0 spiro atoms. The van der Waals surface area contributed by atoms with Crippen molar-refractivity contribution in [2.24, 2.45) is 0 Å². The van der Waals surface area contributed by atoms with Gasteiger partial charge in [-0.15, -0.1) is 5.10 Å². The molecule has 0 radical (unpaired) electrons. The molecule has 3 aromatic heterocycles. The highest BCUT2D eigenvalue weighted by atomic mass is 35.5. The summed E-state index contributed by atoms with van der Waals surface area (Å²) in [6, 6.07) is 3.89. The molecule has 7 heteroatoms. The molecular formula is C11H10ClN5O. The van der Waals surface area contributed by atoms with Gasteiger partial charge in [0.05, 0.1) is 12.7 Å². The molecule has 92 valence electrons. The van der Waals surface area contributed by atoms with Gasteiger partial charge >= 0.3 is 0 Å². The van der Waals surface area contributed by atoms with Gasteiger partial charge < -0.3 is 9.73 Å². The Labute approximate surface area is 108 Å². The molecule has 0 saturated carbocycles. The summed E-state index contributed by atoms with van der Waals surface area (Å²) in [5, 5.41) is 7.46. The van der Waals surface area contributed by atoms with Crippen LogP contribution >= 0.6 is 11.6 Å². The maximum Gasteiger partial charge on any atom is 0.243 e. The molecule has 0 atom stereocenters. The smallest absolute Gasteiger partial charge is 0.243 e. The highest BCUT2D eigenvalue weighted by Gasteiger charge is 2.09. The lowest BCUT2D eigenvalue weighted by atomic mass is 10.4. The van der Waals surface area contributed by atoms with E-state index in [1.165, 1.54) is 6.26 Å². The maximum atomic E-state index is 5.89. The first-order valence-electron chi connectivity index (χ1n) is 5.38. The van der Waals surface area contributed by atoms with E-state index in [0.717, 1.165) is 11.2 Å². The van der Waals surface area contributed by atoms with Crippen molar-refractivity contribution in [2.45, 2.75) is 13.5 Å². The van der Waals surface area contributed by atoms with Crippen molar-refractivity contribution < 1.29 is 4.42 Å². The molecule has 0 fully saturated rings. The van der Waals surface area contributed by atoms with Crippen LogP contribution < -0.4 is 5.32 Å². The van der Waals surface area contributed by atoms with Crippen molar-refractivity contribution in [2.75, 3.05) is 5.32 Å². The highest BCUT2D eigenvalue weighted by Crippen LogP contribution is 2.19. The number of rotatable bonds is 3. The maximum absolute atomic E-state index is 5.89. The van der Waals surface area contributed by atoms with E-state index in [9.17, 15) is 0 Å². The van der Waals surface area contributed by atoms with Gasteiger partial charge in [0.2, 0.25) is 11.2 Å². The Morgan fingerprint density at radius 2 is 2.33 bits per heavy atom. The minimum absolute atomic E-state index is 0.191. The van der Waals surface area contributed by atoms with Crippen LogP contribution in [0.25, 0.3) is 5.52 Å². The molecular weight excluding hydrogens is 254 g/mol. The molecule has 0 aliphatic rings. The van der Waals surface area contributed by atoms with Crippen molar-refractivity contribution in [3.63, 3.8) is 0 Å². The molecule has 1 N–H and O–H groups in total. The van der Waals surface area contributed by atoms with E-state index >= 15 is 0 Å². The number of hydrogen-bond acceptors (Lipinski definition) is 5. The minimum Gasteiger partial charge on any atom is -0.447 e. The number of hydrogen-bond donors (Lipinski definition) is 1. The number of aryl methyl sites for hydroxylation is 1. The van der Waals surface area contributed by atoms with Gasteiger partial charge in [-0.2, -0.15) is 4.98 Å². The first-order valence-corrected chi connectivity index (χ1v) is 5.76. The van der Waals surface area contributed by atoms with Gasteiger partial charge in [0.25, 0.3) is 0 Å². The van der Waals surface area contributed by atoms with Crippen molar-refractivity contribution >= 4 is 22.9 Å². The van der Waals surface area contributed by atoms with Gasteiger partial charge in [0, 0.05) is 5.69 Å². The van der Waals surface area contributed by atoms with Gasteiger partial charge in [0.1, 0.15) is 11.8 Å². The van der Waals surface area contributed by atoms with E-state index < -0.39 is 0 Å². The third kappa shape index (κ3) is 1.91. The summed E-state index contributed by atoms with van der Waals surface area (Å²) in [6.07, 6.45) is 3.13. The SMILES string of the molecule is Cc1ccc2c(NCc3ncco3)nc(Cl)nn12. The van der Waals surface area contributed by atoms with E-state index in [1.807, 2.05) is 19.1 Å². The largest absolute Gasteiger partial charge is 0.447 e. The van der Waals surface area contributed by atoms with Crippen LogP contribution in [0.2, 0.25) is 5.28 Å². The van der Waals surface area contributed by atoms with Crippen LogP contribution in [0.15, 0.2) is 29.0 Å². The van der Waals surface area contributed by atoms with Crippen LogP contribution in [0.5, 0.6) is 0 Å². The number of nitrogens with one attached hydrogen (secondary N) is 1. The van der Waals surface area contributed by atoms with Crippen LogP contribution in [0, 0.1) is 6.92 Å². The normalized spacial score (nSPS) is 11.0. The van der Waals surface area contributed by atoms with Crippen molar-refractivity contribution in [3.8, 4) is 0 Å². The molecule has 0 unspecified atom stereocenters. The lowest BCUT2D eigenvalue weighted by molar-refractivity contribution is 0.503. The molecule has 0 aliphatic carbocycles. The summed E-state index contributed by atoms with van der Waals surface area (Å²) < 4.78 is 6.89. The zero-order chi connectivity index (χ0) is 12.5. The summed E-state index contributed by atoms with van der Waals surface area (Å²) >= 11 is 5.89. The molecule has 0 aromatic carbocycles. The molecule has 18 heavy (non-hydrogen) atoms. The first kappa shape index (κ1) is 11.0. The Hall–Kier alpha value is -2.08. The molecule has 0 saturated heterocycles. The minimum atomic E-state index is 0.191. The Morgan fingerprint density at radius 1 is 1.44 bits per heavy atom. The third-order valence-corrected chi connectivity index (χ3v) is 2.72. The van der Waals surface area contributed by atoms with Gasteiger partial charge in [-0.05, 0) is 30.7 Å². The van der Waals surface area contributed by atoms with Crippen molar-refractivity contribution in [1.29, 1.82) is 0 Å². The van der Waals surface area contributed by atoms with Gasteiger partial charge in [0.15, 0.2) is 5.82 Å². The molecule has 0 bridgehead atoms. The zero-order valence-corrected chi connectivity index (χ0v) is 10.3. The van der Waals surface area contributed by atoms with E-state index in [0.29, 0.717) is 18.3 Å². The van der Waals surface area contributed by atoms with E-state index in [4.69, 9.17) is 16.0 Å². The Balaban J connectivity index is 1.95. The summed E-state index contributed by atoms with van der Waals surface area (Å²) in [4.78, 5) is 8.19. The van der Waals surface area contributed by atoms with Gasteiger partial charge in [-0.25, -0.2) is 9.50 Å². The first-order chi connectivity index (χ1) is 8.74. The fraction of sp³-hybridized carbons (Fsp3) is 0.182. The third-order valence-electron chi connectivity index (χ3n) is 2.56. The quantitative estimate of drug-likeness (QED) is 0.785. The van der Waals surface area contributed by atoms with E-state index in [1.54, 1.807) is 10.7 Å². The van der Waals surface area contributed by atoms with Crippen LogP contribution in [-0.4, -0.2) is 19.6 Å². The highest BCUT2D eigenvalue weighted by molar-refractivity contribution is 6.28. The average molecular weight is 264 g/mol. The fourth-order valence-corrected chi connectivity index (χ4v) is 1.89. The van der Waals surface area contributed by atoms with Crippen LogP contribution in [0.4, 0.5) is 5.82 Å². The second-order valence-electron chi connectivity index (χ2n) is 3.78. The number of aromatic nitrogens is 4. The summed E-state index contributed by atoms with van der Waals surface area (Å²) in [5.74, 6) is 1.24. The van der Waals surface area contributed by atoms with Gasteiger partial charge in [-0.1, -0.05) is 0 Å². The number of halogens is 1. The summed E-state index contributed by atoms with van der Waals surface area (Å²) in [5.41, 5.74) is 1.86.